The van der Waals surface area contributed by atoms with Crippen molar-refractivity contribution in [3.63, 3.8) is 0 Å². The molecule has 0 bridgehead atoms. The molecule has 0 aliphatic carbocycles. The maximum atomic E-state index is 12.7. The van der Waals surface area contributed by atoms with Crippen LogP contribution in [0.3, 0.4) is 0 Å². The number of carbonyl (C=O) groups is 3. The van der Waals surface area contributed by atoms with E-state index in [0.717, 1.165) is 34.5 Å². The van der Waals surface area contributed by atoms with E-state index >= 15 is 0 Å². The van der Waals surface area contributed by atoms with E-state index < -0.39 is 0 Å². The number of para-hydroxylation sites is 2. The number of carbonyl (C=O) groups excluding carboxylic acids is 3. The highest BCUT2D eigenvalue weighted by Gasteiger charge is 2.32. The molecule has 1 aliphatic heterocycles. The molecule has 2 heterocycles. The fourth-order valence-corrected chi connectivity index (χ4v) is 6.70. The third-order valence-electron chi connectivity index (χ3n) is 9.43. The molecule has 0 fully saturated rings. The van der Waals surface area contributed by atoms with Gasteiger partial charge in [0, 0.05) is 78.5 Å². The minimum absolute atomic E-state index is 0.0436. The number of nitrogens with one attached hydrogen (secondary N) is 3. The first kappa shape index (κ1) is 37.4. The van der Waals surface area contributed by atoms with E-state index in [1.807, 2.05) is 78.6 Å². The van der Waals surface area contributed by atoms with Crippen LogP contribution in [0.25, 0.3) is 11.1 Å². The number of hydrogen-bond acceptors (Lipinski definition) is 7. The van der Waals surface area contributed by atoms with Crippen molar-refractivity contribution in [2.24, 2.45) is 7.05 Å². The lowest BCUT2D eigenvalue weighted by Gasteiger charge is -2.40. The molecule has 0 saturated carbocycles. The highest BCUT2D eigenvalue weighted by molar-refractivity contribution is 5.95. The van der Waals surface area contributed by atoms with Crippen molar-refractivity contribution in [2.45, 2.75) is 58.0 Å². The van der Waals surface area contributed by atoms with Crippen LogP contribution in [-0.4, -0.2) is 35.4 Å². The second-order valence-corrected chi connectivity index (χ2v) is 13.3. The van der Waals surface area contributed by atoms with Crippen LogP contribution in [0.2, 0.25) is 0 Å². The van der Waals surface area contributed by atoms with Crippen LogP contribution in [0.5, 0.6) is 17.2 Å². The summed E-state index contributed by atoms with van der Waals surface area (Å²) in [6.07, 6.45) is 3.72. The van der Waals surface area contributed by atoms with Gasteiger partial charge in [0.2, 0.25) is 17.7 Å². The molecule has 278 valence electrons. The molecule has 0 saturated heterocycles. The van der Waals surface area contributed by atoms with E-state index in [4.69, 9.17) is 9.47 Å². The topological polar surface area (TPSA) is 131 Å². The predicted molar refractivity (Wildman–Crippen MR) is 212 cm³/mol. The highest BCUT2D eigenvalue weighted by Crippen LogP contribution is 2.40. The minimum Gasteiger partial charge on any atom is -0.496 e. The van der Waals surface area contributed by atoms with Crippen molar-refractivity contribution >= 4 is 40.5 Å². The first-order valence-corrected chi connectivity index (χ1v) is 18.1. The third kappa shape index (κ3) is 8.80. The summed E-state index contributed by atoms with van der Waals surface area (Å²) in [4.78, 5) is 52.1. The SMILES string of the molecule is CCC(=O)N1c2ccccc2[C@H](Nc2ccc(NC(=O)CCCC(=O)Nc3ccc(Oc4ccccc4-c4cn(C)c(=O)cc4OC)cc3)cc2)C[C@@H]1C. The summed E-state index contributed by atoms with van der Waals surface area (Å²) in [6.45, 7) is 3.96. The van der Waals surface area contributed by atoms with E-state index in [1.54, 1.807) is 37.5 Å². The van der Waals surface area contributed by atoms with Gasteiger partial charge in [-0.1, -0.05) is 43.3 Å². The quantitative estimate of drug-likeness (QED) is 0.111. The summed E-state index contributed by atoms with van der Waals surface area (Å²) in [6, 6.07) is 31.6. The molecule has 3 amide bonds. The Kier molecular flexibility index (Phi) is 11.8. The molecule has 11 nitrogen and oxygen atoms in total. The van der Waals surface area contributed by atoms with Gasteiger partial charge in [0.05, 0.1) is 13.2 Å². The van der Waals surface area contributed by atoms with Crippen LogP contribution in [0.4, 0.5) is 22.7 Å². The number of ether oxygens (including phenoxy) is 2. The number of rotatable bonds is 13. The molecule has 1 aromatic heterocycles. The van der Waals surface area contributed by atoms with Crippen LogP contribution >= 0.6 is 0 Å². The molecule has 6 rings (SSSR count). The van der Waals surface area contributed by atoms with E-state index in [9.17, 15) is 19.2 Å². The van der Waals surface area contributed by atoms with Crippen molar-refractivity contribution in [3.05, 3.63) is 125 Å². The Balaban J connectivity index is 0.963. The Labute approximate surface area is 314 Å². The van der Waals surface area contributed by atoms with Gasteiger partial charge in [-0.25, -0.2) is 0 Å². The summed E-state index contributed by atoms with van der Waals surface area (Å²) in [5, 5.41) is 9.40. The van der Waals surface area contributed by atoms with Gasteiger partial charge in [0.1, 0.15) is 17.2 Å². The zero-order valence-corrected chi connectivity index (χ0v) is 30.9. The van der Waals surface area contributed by atoms with Gasteiger partial charge in [-0.15, -0.1) is 0 Å². The number of methoxy groups -OCH3 is 1. The minimum atomic E-state index is -0.195. The monoisotopic (exact) mass is 727 g/mol. The highest BCUT2D eigenvalue weighted by atomic mass is 16.5. The lowest BCUT2D eigenvalue weighted by Crippen LogP contribution is -2.44. The maximum absolute atomic E-state index is 12.7. The molecule has 2 atom stereocenters. The van der Waals surface area contributed by atoms with Crippen molar-refractivity contribution in [3.8, 4) is 28.4 Å². The second-order valence-electron chi connectivity index (χ2n) is 13.3. The van der Waals surface area contributed by atoms with Gasteiger partial charge in [-0.05, 0) is 86.0 Å². The van der Waals surface area contributed by atoms with Gasteiger partial charge in [0.25, 0.3) is 5.56 Å². The molecule has 54 heavy (non-hydrogen) atoms. The number of fused-ring (bicyclic) bond motifs is 1. The Morgan fingerprint density at radius 1 is 0.778 bits per heavy atom. The normalized spacial score (nSPS) is 14.8. The molecule has 3 N–H and O–H groups in total. The van der Waals surface area contributed by atoms with Gasteiger partial charge < -0.3 is 34.9 Å². The Bertz CT molecular complexity index is 2180. The lowest BCUT2D eigenvalue weighted by molar-refractivity contribution is -0.119. The third-order valence-corrected chi connectivity index (χ3v) is 9.43. The Hall–Kier alpha value is -6.36. The molecule has 0 unspecified atom stereocenters. The summed E-state index contributed by atoms with van der Waals surface area (Å²) in [7, 11) is 3.20. The average Bonchev–Trinajstić information content (AvgIpc) is 3.17. The van der Waals surface area contributed by atoms with Crippen LogP contribution in [-0.2, 0) is 21.4 Å². The molecular weight excluding hydrogens is 683 g/mol. The largest absolute Gasteiger partial charge is 0.496 e. The first-order chi connectivity index (χ1) is 26.1. The van der Waals surface area contributed by atoms with Crippen LogP contribution in [0.15, 0.2) is 114 Å². The molecule has 11 heteroatoms. The number of anilines is 4. The van der Waals surface area contributed by atoms with Crippen molar-refractivity contribution in [1.29, 1.82) is 0 Å². The first-order valence-electron chi connectivity index (χ1n) is 18.1. The van der Waals surface area contributed by atoms with Gasteiger partial charge in [-0.3, -0.25) is 19.2 Å². The zero-order valence-electron chi connectivity index (χ0n) is 30.9. The van der Waals surface area contributed by atoms with Crippen LogP contribution in [0.1, 0.15) is 57.6 Å². The fraction of sp³-hybridized carbons (Fsp3) is 0.256. The van der Waals surface area contributed by atoms with E-state index in [0.29, 0.717) is 41.5 Å². The zero-order chi connectivity index (χ0) is 38.2. The molecule has 0 spiro atoms. The molecule has 1 aliphatic rings. The maximum Gasteiger partial charge on any atom is 0.254 e. The summed E-state index contributed by atoms with van der Waals surface area (Å²) < 4.78 is 13.1. The van der Waals surface area contributed by atoms with Crippen molar-refractivity contribution in [2.75, 3.05) is 28.0 Å². The van der Waals surface area contributed by atoms with Crippen molar-refractivity contribution < 1.29 is 23.9 Å². The number of aromatic nitrogens is 1. The summed E-state index contributed by atoms with van der Waals surface area (Å²) in [5.74, 6) is 1.35. The van der Waals surface area contributed by atoms with Crippen molar-refractivity contribution in [1.82, 2.24) is 4.57 Å². The average molecular weight is 728 g/mol. The molecular formula is C43H45N5O6. The smallest absolute Gasteiger partial charge is 0.254 e. The Morgan fingerprint density at radius 2 is 1.39 bits per heavy atom. The second kappa shape index (κ2) is 17.0. The van der Waals surface area contributed by atoms with E-state index in [2.05, 4.69) is 28.9 Å². The summed E-state index contributed by atoms with van der Waals surface area (Å²) >= 11 is 0. The van der Waals surface area contributed by atoms with Gasteiger partial charge in [-0.2, -0.15) is 0 Å². The van der Waals surface area contributed by atoms with Gasteiger partial charge in [0.15, 0.2) is 0 Å². The van der Waals surface area contributed by atoms with Crippen LogP contribution in [0, 0.1) is 0 Å². The number of aryl methyl sites for hydroxylation is 1. The molecule has 5 aromatic rings. The molecule has 4 aromatic carbocycles. The number of pyridine rings is 1. The molecule has 0 radical (unpaired) electrons. The Morgan fingerprint density at radius 3 is 2.06 bits per heavy atom. The lowest BCUT2D eigenvalue weighted by atomic mass is 9.91. The van der Waals surface area contributed by atoms with Gasteiger partial charge >= 0.3 is 0 Å². The number of benzene rings is 4. The number of nitrogens with zero attached hydrogens (tertiary/aromatic N) is 2. The predicted octanol–water partition coefficient (Wildman–Crippen LogP) is 8.29. The number of amides is 3. The van der Waals surface area contributed by atoms with Crippen LogP contribution < -0.4 is 35.9 Å². The fourth-order valence-electron chi connectivity index (χ4n) is 6.70. The number of hydrogen-bond donors (Lipinski definition) is 3. The standard InChI is InChI=1S/C43H45N5O6/c1-5-42(51)48-28(2)25-36(34-12-6-8-13-37(34)48)44-29-17-19-30(20-18-29)45-40(49)15-10-16-41(50)46-31-21-23-32(24-22-31)54-38-14-9-7-11-33(38)35-27-47(3)43(52)26-39(35)53-4/h6-9,11-14,17-24,26-28,36,44H,5,10,15-16,25H2,1-4H3,(H,45,49)(H,46,50)/t28-,36+/m0/s1. The summed E-state index contributed by atoms with van der Waals surface area (Å²) in [5.41, 5.74) is 5.53. The van der Waals surface area contributed by atoms with E-state index in [-0.39, 0.29) is 48.2 Å². The van der Waals surface area contributed by atoms with E-state index in [1.165, 1.54) is 17.7 Å².